The molecule has 2 heterocycles. The van der Waals surface area contributed by atoms with E-state index in [4.69, 9.17) is 4.74 Å². The predicted molar refractivity (Wildman–Crippen MR) is 69.8 cm³/mol. The molecule has 1 atom stereocenters. The van der Waals surface area contributed by atoms with Crippen LogP contribution in [0.15, 0.2) is 0 Å². The number of likely N-dealkylation sites (tertiary alicyclic amines) is 1. The van der Waals surface area contributed by atoms with Gasteiger partial charge < -0.3 is 9.84 Å². The van der Waals surface area contributed by atoms with Gasteiger partial charge in [0.25, 0.3) is 0 Å². The van der Waals surface area contributed by atoms with Crippen molar-refractivity contribution in [3.05, 3.63) is 0 Å². The molecule has 0 aromatic carbocycles. The molecule has 1 N–H and O–H groups in total. The van der Waals surface area contributed by atoms with Gasteiger partial charge in [0, 0.05) is 38.0 Å². The average Bonchev–Trinajstić information content (AvgIpc) is 2.26. The maximum absolute atomic E-state index is 11.3. The van der Waals surface area contributed by atoms with E-state index in [2.05, 4.69) is 0 Å². The number of carboxylic acids is 1. The number of rotatable bonds is 5. The van der Waals surface area contributed by atoms with Crippen molar-refractivity contribution in [2.45, 2.75) is 25.3 Å². The second-order valence-electron chi connectivity index (χ2n) is 5.79. The Bertz CT molecular complexity index is 433. The van der Waals surface area contributed by atoms with Crippen molar-refractivity contribution in [2.75, 3.05) is 38.3 Å². The van der Waals surface area contributed by atoms with Gasteiger partial charge in [0.05, 0.1) is 5.75 Å². The van der Waals surface area contributed by atoms with Crippen LogP contribution in [0.4, 0.5) is 0 Å². The van der Waals surface area contributed by atoms with E-state index in [1.54, 1.807) is 0 Å². The second kappa shape index (κ2) is 5.38. The minimum Gasteiger partial charge on any atom is -0.480 e. The molecule has 0 aromatic heterocycles. The Morgan fingerprint density at radius 2 is 1.95 bits per heavy atom. The van der Waals surface area contributed by atoms with Crippen LogP contribution in [0.2, 0.25) is 0 Å². The molecule has 0 bridgehead atoms. The summed E-state index contributed by atoms with van der Waals surface area (Å²) < 4.78 is 27.6. The Labute approximate surface area is 113 Å². The zero-order chi connectivity index (χ0) is 14.1. The van der Waals surface area contributed by atoms with Crippen LogP contribution < -0.4 is 0 Å². The molecule has 110 valence electrons. The van der Waals surface area contributed by atoms with E-state index >= 15 is 0 Å². The topological polar surface area (TPSA) is 83.9 Å². The fourth-order valence-electron chi connectivity index (χ4n) is 2.94. The highest BCUT2D eigenvalue weighted by Crippen LogP contribution is 2.41. The fourth-order valence-corrected chi connectivity index (χ4v) is 3.60. The number of hydrogen-bond acceptors (Lipinski definition) is 5. The standard InChI is InChI=1S/C12H21NO5S/c1-19(16,17)7-2-10(11(14)15)13-8-12(9-13)3-5-18-6-4-12/h10H,2-9H2,1H3,(H,14,15). The Morgan fingerprint density at radius 1 is 1.37 bits per heavy atom. The number of nitrogens with zero attached hydrogens (tertiary/aromatic N) is 1. The lowest BCUT2D eigenvalue weighted by Gasteiger charge is -2.54. The molecular formula is C12H21NO5S. The van der Waals surface area contributed by atoms with Crippen molar-refractivity contribution < 1.29 is 23.1 Å². The van der Waals surface area contributed by atoms with Crippen LogP contribution >= 0.6 is 0 Å². The summed E-state index contributed by atoms with van der Waals surface area (Å²) in [6.45, 7) is 2.98. The van der Waals surface area contributed by atoms with Crippen LogP contribution in [0.3, 0.4) is 0 Å². The normalized spacial score (nSPS) is 24.9. The van der Waals surface area contributed by atoms with Gasteiger partial charge in [-0.1, -0.05) is 0 Å². The minimum atomic E-state index is -3.11. The molecule has 2 fully saturated rings. The number of ether oxygens (including phenoxy) is 1. The van der Waals surface area contributed by atoms with E-state index in [0.29, 0.717) is 0 Å². The Hall–Kier alpha value is -0.660. The lowest BCUT2D eigenvalue weighted by Crippen LogP contribution is -2.63. The number of aliphatic carboxylic acids is 1. The molecule has 6 nitrogen and oxygen atoms in total. The first-order valence-corrected chi connectivity index (χ1v) is 8.60. The number of carboxylic acid groups (broad SMARTS) is 1. The summed E-state index contributed by atoms with van der Waals surface area (Å²) in [4.78, 5) is 13.1. The van der Waals surface area contributed by atoms with E-state index in [1.165, 1.54) is 0 Å². The molecule has 1 spiro atoms. The molecule has 19 heavy (non-hydrogen) atoms. The van der Waals surface area contributed by atoms with Gasteiger partial charge in [-0.25, -0.2) is 8.42 Å². The fraction of sp³-hybridized carbons (Fsp3) is 0.917. The molecule has 2 aliphatic rings. The first-order chi connectivity index (χ1) is 8.81. The monoisotopic (exact) mass is 291 g/mol. The van der Waals surface area contributed by atoms with Crippen LogP contribution in [0, 0.1) is 5.41 Å². The summed E-state index contributed by atoms with van der Waals surface area (Å²) in [5.74, 6) is -0.998. The van der Waals surface area contributed by atoms with Crippen LogP contribution in [-0.2, 0) is 19.4 Å². The zero-order valence-corrected chi connectivity index (χ0v) is 12.0. The van der Waals surface area contributed by atoms with Gasteiger partial charge in [0.15, 0.2) is 0 Å². The Balaban J connectivity index is 1.90. The van der Waals surface area contributed by atoms with Gasteiger partial charge in [-0.15, -0.1) is 0 Å². The summed E-state index contributed by atoms with van der Waals surface area (Å²) in [5, 5.41) is 9.23. The first-order valence-electron chi connectivity index (χ1n) is 6.54. The third kappa shape index (κ3) is 3.67. The third-order valence-electron chi connectivity index (χ3n) is 4.12. The molecule has 2 rings (SSSR count). The van der Waals surface area contributed by atoms with Crippen molar-refractivity contribution in [2.24, 2.45) is 5.41 Å². The van der Waals surface area contributed by atoms with Crippen LogP contribution in [0.5, 0.6) is 0 Å². The van der Waals surface area contributed by atoms with Crippen molar-refractivity contribution in [3.63, 3.8) is 0 Å². The summed E-state index contributed by atoms with van der Waals surface area (Å²) in [6, 6.07) is -0.678. The largest absolute Gasteiger partial charge is 0.480 e. The Kier molecular flexibility index (Phi) is 4.17. The van der Waals surface area contributed by atoms with Gasteiger partial charge in [-0.2, -0.15) is 0 Å². The van der Waals surface area contributed by atoms with Gasteiger partial charge >= 0.3 is 5.97 Å². The smallest absolute Gasteiger partial charge is 0.320 e. The average molecular weight is 291 g/mol. The lowest BCUT2D eigenvalue weighted by atomic mass is 9.72. The molecule has 0 aromatic rings. The number of hydrogen-bond donors (Lipinski definition) is 1. The van der Waals surface area contributed by atoms with Crippen molar-refractivity contribution in [1.82, 2.24) is 4.90 Å². The van der Waals surface area contributed by atoms with Crippen molar-refractivity contribution in [3.8, 4) is 0 Å². The molecular weight excluding hydrogens is 270 g/mol. The highest BCUT2D eigenvalue weighted by Gasteiger charge is 2.47. The maximum atomic E-state index is 11.3. The SMILES string of the molecule is CS(=O)(=O)CCC(C(=O)O)N1CC2(CCOCC2)C1. The molecule has 0 amide bonds. The van der Waals surface area contributed by atoms with Crippen molar-refractivity contribution in [1.29, 1.82) is 0 Å². The molecule has 7 heteroatoms. The Morgan fingerprint density at radius 3 is 2.42 bits per heavy atom. The van der Waals surface area contributed by atoms with Crippen molar-refractivity contribution >= 4 is 15.8 Å². The molecule has 0 saturated carbocycles. The van der Waals surface area contributed by atoms with E-state index in [0.717, 1.165) is 45.4 Å². The van der Waals surface area contributed by atoms with E-state index < -0.39 is 21.8 Å². The van der Waals surface area contributed by atoms with Gasteiger partial charge in [-0.05, 0) is 19.3 Å². The van der Waals surface area contributed by atoms with E-state index in [1.807, 2.05) is 4.90 Å². The summed E-state index contributed by atoms with van der Waals surface area (Å²) >= 11 is 0. The maximum Gasteiger partial charge on any atom is 0.320 e. The predicted octanol–water partition coefficient (Wildman–Crippen LogP) is -0.0133. The van der Waals surface area contributed by atoms with Crippen LogP contribution in [0.1, 0.15) is 19.3 Å². The van der Waals surface area contributed by atoms with Crippen LogP contribution in [0.25, 0.3) is 0 Å². The van der Waals surface area contributed by atoms with E-state index in [-0.39, 0.29) is 17.6 Å². The first kappa shape index (κ1) is 14.7. The number of sulfone groups is 1. The summed E-state index contributed by atoms with van der Waals surface area (Å²) in [7, 11) is -3.11. The van der Waals surface area contributed by atoms with Gasteiger partial charge in [0.1, 0.15) is 15.9 Å². The molecule has 1 unspecified atom stereocenters. The van der Waals surface area contributed by atoms with E-state index in [9.17, 15) is 18.3 Å². The minimum absolute atomic E-state index is 0.0728. The van der Waals surface area contributed by atoms with Gasteiger partial charge in [0.2, 0.25) is 0 Å². The zero-order valence-electron chi connectivity index (χ0n) is 11.2. The summed E-state index contributed by atoms with van der Waals surface area (Å²) in [6.07, 6.45) is 3.26. The number of carbonyl (C=O) groups is 1. The molecule has 0 radical (unpaired) electrons. The van der Waals surface area contributed by atoms with Gasteiger partial charge in [-0.3, -0.25) is 9.69 Å². The molecule has 2 saturated heterocycles. The molecule has 2 aliphatic heterocycles. The summed E-state index contributed by atoms with van der Waals surface area (Å²) in [5.41, 5.74) is 0.205. The molecule has 0 aliphatic carbocycles. The lowest BCUT2D eigenvalue weighted by molar-refractivity contribution is -0.154. The quantitative estimate of drug-likeness (QED) is 0.767. The third-order valence-corrected chi connectivity index (χ3v) is 5.10. The highest BCUT2D eigenvalue weighted by molar-refractivity contribution is 7.90. The van der Waals surface area contributed by atoms with Crippen LogP contribution in [-0.4, -0.2) is 68.7 Å². The highest BCUT2D eigenvalue weighted by atomic mass is 32.2. The second-order valence-corrected chi connectivity index (χ2v) is 8.05.